The number of carbonyl (C=O) groups is 1. The van der Waals surface area contributed by atoms with Crippen LogP contribution in [0.4, 0.5) is 17.2 Å². The topological polar surface area (TPSA) is 126 Å². The second kappa shape index (κ2) is 7.66. The largest absolute Gasteiger partial charge is 0.336 e. The van der Waals surface area contributed by atoms with Crippen LogP contribution in [0.2, 0.25) is 0 Å². The zero-order valence-corrected chi connectivity index (χ0v) is 14.6. The van der Waals surface area contributed by atoms with Gasteiger partial charge in [0.25, 0.3) is 5.91 Å². The maximum Gasteiger partial charge on any atom is 0.275 e. The van der Waals surface area contributed by atoms with Crippen LogP contribution >= 0.6 is 11.9 Å². The first-order chi connectivity index (χ1) is 13.3. The number of nitrogens with zero attached hydrogens (tertiary/aromatic N) is 6. The standard InChI is InChI=1S/C16H13N9OS/c26-16(22-11-4-2-1-3-5-11)14-12(6-20-24-14)23-15-13(7-17-8-19-15)27-25-10-18-9-21-25/h1-10H,(H,20,24)(H,22,26)(H,17,19,23). The Morgan fingerprint density at radius 2 is 2.00 bits per heavy atom. The summed E-state index contributed by atoms with van der Waals surface area (Å²) in [5, 5.41) is 16.6. The van der Waals surface area contributed by atoms with Gasteiger partial charge in [0.1, 0.15) is 30.5 Å². The Kier molecular flexibility index (Phi) is 4.74. The number of hydrogen-bond acceptors (Lipinski definition) is 8. The van der Waals surface area contributed by atoms with E-state index in [1.54, 1.807) is 28.7 Å². The predicted molar refractivity (Wildman–Crippen MR) is 99.6 cm³/mol. The van der Waals surface area contributed by atoms with Crippen LogP contribution in [-0.2, 0) is 0 Å². The van der Waals surface area contributed by atoms with Crippen molar-refractivity contribution in [2.24, 2.45) is 0 Å². The van der Waals surface area contributed by atoms with E-state index in [1.165, 1.54) is 30.8 Å². The monoisotopic (exact) mass is 379 g/mol. The molecule has 0 radical (unpaired) electrons. The molecule has 11 heteroatoms. The molecule has 10 nitrogen and oxygen atoms in total. The maximum atomic E-state index is 12.5. The smallest absolute Gasteiger partial charge is 0.275 e. The van der Waals surface area contributed by atoms with Gasteiger partial charge in [-0.1, -0.05) is 18.2 Å². The summed E-state index contributed by atoms with van der Waals surface area (Å²) in [5.74, 6) is 0.196. The molecule has 27 heavy (non-hydrogen) atoms. The minimum atomic E-state index is -0.319. The molecule has 0 fully saturated rings. The molecule has 3 aromatic heterocycles. The normalized spacial score (nSPS) is 10.5. The fourth-order valence-electron chi connectivity index (χ4n) is 2.22. The Labute approximate surface area is 157 Å². The molecule has 3 heterocycles. The average Bonchev–Trinajstić information content (AvgIpc) is 3.36. The summed E-state index contributed by atoms with van der Waals surface area (Å²) in [7, 11) is 0. The number of carbonyl (C=O) groups excluding carboxylic acids is 1. The summed E-state index contributed by atoms with van der Waals surface area (Å²) < 4.78 is 1.57. The van der Waals surface area contributed by atoms with Gasteiger partial charge in [0.15, 0.2) is 0 Å². The molecular formula is C16H13N9OS. The molecule has 1 amide bonds. The van der Waals surface area contributed by atoms with Crippen molar-refractivity contribution in [1.29, 1.82) is 0 Å². The number of hydrogen-bond donors (Lipinski definition) is 3. The molecule has 0 spiro atoms. The third-order valence-corrected chi connectivity index (χ3v) is 4.29. The van der Waals surface area contributed by atoms with Crippen molar-refractivity contribution in [2.45, 2.75) is 4.90 Å². The van der Waals surface area contributed by atoms with Gasteiger partial charge in [-0.25, -0.2) is 15.0 Å². The molecule has 3 N–H and O–H groups in total. The van der Waals surface area contributed by atoms with E-state index in [0.29, 0.717) is 22.1 Å². The lowest BCUT2D eigenvalue weighted by molar-refractivity contribution is 0.102. The van der Waals surface area contributed by atoms with Crippen LogP contribution in [0.15, 0.2) is 66.6 Å². The van der Waals surface area contributed by atoms with E-state index in [1.807, 2.05) is 18.2 Å². The van der Waals surface area contributed by atoms with Crippen molar-refractivity contribution in [3.8, 4) is 0 Å². The lowest BCUT2D eigenvalue weighted by Crippen LogP contribution is -2.14. The molecular weight excluding hydrogens is 366 g/mol. The highest BCUT2D eigenvalue weighted by molar-refractivity contribution is 7.97. The number of para-hydroxylation sites is 1. The molecule has 0 saturated carbocycles. The summed E-state index contributed by atoms with van der Waals surface area (Å²) in [4.78, 5) is 25.4. The number of benzene rings is 1. The van der Waals surface area contributed by atoms with Gasteiger partial charge >= 0.3 is 0 Å². The van der Waals surface area contributed by atoms with E-state index >= 15 is 0 Å². The summed E-state index contributed by atoms with van der Waals surface area (Å²) >= 11 is 1.28. The van der Waals surface area contributed by atoms with Gasteiger partial charge in [-0.15, -0.1) is 5.10 Å². The Balaban J connectivity index is 1.55. The third kappa shape index (κ3) is 3.93. The molecule has 0 aliphatic heterocycles. The Bertz CT molecular complexity index is 1030. The van der Waals surface area contributed by atoms with E-state index in [4.69, 9.17) is 0 Å². The highest BCUT2D eigenvalue weighted by Gasteiger charge is 2.16. The van der Waals surface area contributed by atoms with Crippen LogP contribution in [0.1, 0.15) is 10.5 Å². The van der Waals surface area contributed by atoms with Crippen LogP contribution in [-0.4, -0.2) is 40.2 Å². The zero-order valence-electron chi connectivity index (χ0n) is 13.8. The van der Waals surface area contributed by atoms with E-state index < -0.39 is 0 Å². The van der Waals surface area contributed by atoms with E-state index in [0.717, 1.165) is 0 Å². The van der Waals surface area contributed by atoms with Gasteiger partial charge in [-0.3, -0.25) is 9.89 Å². The summed E-state index contributed by atoms with van der Waals surface area (Å²) in [6.45, 7) is 0. The molecule has 0 bridgehead atoms. The number of H-pyrrole nitrogens is 1. The Morgan fingerprint density at radius 3 is 2.81 bits per heavy atom. The van der Waals surface area contributed by atoms with Gasteiger partial charge in [-0.05, 0) is 12.1 Å². The van der Waals surface area contributed by atoms with Crippen LogP contribution in [0.5, 0.6) is 0 Å². The lowest BCUT2D eigenvalue weighted by atomic mass is 10.3. The fraction of sp³-hybridized carbons (Fsp3) is 0. The molecule has 0 aliphatic rings. The molecule has 0 saturated heterocycles. The first kappa shape index (κ1) is 16.7. The minimum Gasteiger partial charge on any atom is -0.336 e. The van der Waals surface area contributed by atoms with Gasteiger partial charge < -0.3 is 10.6 Å². The van der Waals surface area contributed by atoms with Crippen LogP contribution in [0, 0.1) is 0 Å². The van der Waals surface area contributed by atoms with Crippen LogP contribution < -0.4 is 10.6 Å². The number of nitrogens with one attached hydrogen (secondary N) is 3. The van der Waals surface area contributed by atoms with Crippen molar-refractivity contribution in [3.05, 3.63) is 67.4 Å². The highest BCUT2D eigenvalue weighted by atomic mass is 32.2. The van der Waals surface area contributed by atoms with E-state index in [9.17, 15) is 4.79 Å². The van der Waals surface area contributed by atoms with Gasteiger partial charge in [-0.2, -0.15) is 9.19 Å². The molecule has 0 atom stereocenters. The second-order valence-corrected chi connectivity index (χ2v) is 6.23. The van der Waals surface area contributed by atoms with Gasteiger partial charge in [0.05, 0.1) is 16.8 Å². The predicted octanol–water partition coefficient (Wildman–Crippen LogP) is 2.34. The van der Waals surface area contributed by atoms with E-state index in [2.05, 4.69) is 40.9 Å². The number of aromatic nitrogens is 7. The molecule has 0 unspecified atom stereocenters. The number of anilines is 3. The quantitative estimate of drug-likeness (QED) is 0.466. The fourth-order valence-corrected chi connectivity index (χ4v) is 2.91. The number of amides is 1. The molecule has 4 rings (SSSR count). The van der Waals surface area contributed by atoms with Crippen molar-refractivity contribution < 1.29 is 4.79 Å². The first-order valence-corrected chi connectivity index (χ1v) is 8.57. The van der Waals surface area contributed by atoms with Crippen molar-refractivity contribution >= 4 is 35.0 Å². The Morgan fingerprint density at radius 1 is 1.11 bits per heavy atom. The lowest BCUT2D eigenvalue weighted by Gasteiger charge is -2.10. The summed E-state index contributed by atoms with van der Waals surface area (Å²) in [6.07, 6.45) is 7.58. The van der Waals surface area contributed by atoms with Crippen LogP contribution in [0.25, 0.3) is 0 Å². The SMILES string of the molecule is O=C(Nc1ccccc1)c1[nH]ncc1Nc1ncncc1Sn1cncn1. The molecule has 0 aliphatic carbocycles. The molecule has 134 valence electrons. The van der Waals surface area contributed by atoms with Gasteiger partial charge in [0.2, 0.25) is 0 Å². The van der Waals surface area contributed by atoms with Crippen molar-refractivity contribution in [3.63, 3.8) is 0 Å². The number of aromatic amines is 1. The average molecular weight is 379 g/mol. The van der Waals surface area contributed by atoms with Crippen molar-refractivity contribution in [1.82, 2.24) is 34.3 Å². The summed E-state index contributed by atoms with van der Waals surface area (Å²) in [6, 6.07) is 9.17. The van der Waals surface area contributed by atoms with Crippen LogP contribution in [0.3, 0.4) is 0 Å². The van der Waals surface area contributed by atoms with E-state index in [-0.39, 0.29) is 11.6 Å². The molecule has 1 aromatic carbocycles. The third-order valence-electron chi connectivity index (χ3n) is 3.42. The zero-order chi connectivity index (χ0) is 18.5. The highest BCUT2D eigenvalue weighted by Crippen LogP contribution is 2.28. The maximum absolute atomic E-state index is 12.5. The Hall–Kier alpha value is -3.73. The summed E-state index contributed by atoms with van der Waals surface area (Å²) in [5.41, 5.74) is 1.46. The molecule has 4 aromatic rings. The van der Waals surface area contributed by atoms with Crippen molar-refractivity contribution in [2.75, 3.05) is 10.6 Å². The minimum absolute atomic E-state index is 0.286. The second-order valence-electron chi connectivity index (χ2n) is 5.23. The number of rotatable bonds is 6. The first-order valence-electron chi connectivity index (χ1n) is 7.79. The van der Waals surface area contributed by atoms with Gasteiger partial charge in [0, 0.05) is 23.8 Å².